The van der Waals surface area contributed by atoms with E-state index in [0.717, 1.165) is 55.7 Å². The van der Waals surface area contributed by atoms with E-state index in [1.807, 2.05) is 84.9 Å². The highest BCUT2D eigenvalue weighted by molar-refractivity contribution is 6.16. The second-order valence-corrected chi connectivity index (χ2v) is 12.1. The van der Waals surface area contributed by atoms with E-state index in [1.54, 1.807) is 0 Å². The maximum Gasteiger partial charge on any atom is 0.167 e. The monoisotopic (exact) mass is 642 g/mol. The Morgan fingerprint density at radius 3 is 1.50 bits per heavy atom. The summed E-state index contributed by atoms with van der Waals surface area (Å²) in [6.45, 7) is 0. The van der Waals surface area contributed by atoms with Crippen molar-refractivity contribution in [3.05, 3.63) is 182 Å². The van der Waals surface area contributed by atoms with Crippen LogP contribution in [0.1, 0.15) is 0 Å². The summed E-state index contributed by atoms with van der Waals surface area (Å²) < 4.78 is 6.74. The Morgan fingerprint density at radius 2 is 0.880 bits per heavy atom. The van der Waals surface area contributed by atoms with Crippen LogP contribution in [0.2, 0.25) is 0 Å². The lowest BCUT2D eigenvalue weighted by Gasteiger charge is -2.26. The number of fused-ring (bicyclic) bond motifs is 3. The zero-order chi connectivity index (χ0) is 33.3. The molecule has 7 aromatic carbocycles. The number of aromatic nitrogens is 3. The van der Waals surface area contributed by atoms with Crippen LogP contribution in [0.4, 0.5) is 17.1 Å². The smallest absolute Gasteiger partial charge is 0.167 e. The lowest BCUT2D eigenvalue weighted by Crippen LogP contribution is -2.10. The summed E-state index contributed by atoms with van der Waals surface area (Å²) in [5.41, 5.74) is 9.63. The Morgan fingerprint density at radius 1 is 0.380 bits per heavy atom. The van der Waals surface area contributed by atoms with Crippen molar-refractivity contribution < 1.29 is 4.42 Å². The van der Waals surface area contributed by atoms with Crippen molar-refractivity contribution in [2.45, 2.75) is 0 Å². The third-order valence-electron chi connectivity index (χ3n) is 8.93. The molecule has 0 bridgehead atoms. The van der Waals surface area contributed by atoms with Gasteiger partial charge in [0, 0.05) is 27.9 Å². The topological polar surface area (TPSA) is 55.1 Å². The van der Waals surface area contributed by atoms with Crippen LogP contribution in [0.3, 0.4) is 0 Å². The van der Waals surface area contributed by atoms with Gasteiger partial charge < -0.3 is 9.32 Å². The molecule has 2 aromatic heterocycles. The van der Waals surface area contributed by atoms with Gasteiger partial charge in [0.25, 0.3) is 0 Å². The van der Waals surface area contributed by atoms with E-state index in [9.17, 15) is 0 Å². The molecule has 0 amide bonds. The van der Waals surface area contributed by atoms with E-state index in [-0.39, 0.29) is 0 Å². The minimum absolute atomic E-state index is 0.556. The lowest BCUT2D eigenvalue weighted by molar-refractivity contribution is 0.669. The van der Waals surface area contributed by atoms with Crippen LogP contribution in [0.25, 0.3) is 67.2 Å². The zero-order valence-corrected chi connectivity index (χ0v) is 27.0. The Kier molecular flexibility index (Phi) is 7.41. The summed E-state index contributed by atoms with van der Waals surface area (Å²) >= 11 is 0. The fraction of sp³-hybridized carbons (Fsp3) is 0. The van der Waals surface area contributed by atoms with Crippen LogP contribution in [0.15, 0.2) is 186 Å². The van der Waals surface area contributed by atoms with Crippen LogP contribution >= 0.6 is 0 Å². The van der Waals surface area contributed by atoms with Crippen molar-refractivity contribution >= 4 is 39.0 Å². The minimum atomic E-state index is 0.556. The van der Waals surface area contributed by atoms with Crippen molar-refractivity contribution in [3.63, 3.8) is 0 Å². The number of benzene rings is 7. The molecule has 0 aliphatic rings. The molecule has 0 fully saturated rings. The average Bonchev–Trinajstić information content (AvgIpc) is 3.59. The maximum atomic E-state index is 6.74. The number of hydrogen-bond acceptors (Lipinski definition) is 5. The van der Waals surface area contributed by atoms with Crippen LogP contribution in [-0.2, 0) is 0 Å². The summed E-state index contributed by atoms with van der Waals surface area (Å²) in [4.78, 5) is 17.2. The summed E-state index contributed by atoms with van der Waals surface area (Å²) in [7, 11) is 0. The third-order valence-corrected chi connectivity index (χ3v) is 8.93. The van der Waals surface area contributed by atoms with Gasteiger partial charge in [-0.25, -0.2) is 15.0 Å². The predicted octanol–water partition coefficient (Wildman–Crippen LogP) is 11.9. The van der Waals surface area contributed by atoms with E-state index >= 15 is 0 Å². The molecule has 0 saturated heterocycles. The Balaban J connectivity index is 1.23. The van der Waals surface area contributed by atoms with Gasteiger partial charge in [0.05, 0.1) is 16.6 Å². The molecule has 5 nitrogen and oxygen atoms in total. The highest BCUT2D eigenvalue weighted by Gasteiger charge is 2.22. The van der Waals surface area contributed by atoms with Gasteiger partial charge in [-0.05, 0) is 53.6 Å². The van der Waals surface area contributed by atoms with Gasteiger partial charge in [-0.15, -0.1) is 0 Å². The number of hydrogen-bond donors (Lipinski definition) is 0. The molecular formula is C45H30N4O. The van der Waals surface area contributed by atoms with Crippen molar-refractivity contribution in [3.8, 4) is 45.3 Å². The average molecular weight is 643 g/mol. The first-order valence-electron chi connectivity index (χ1n) is 16.6. The van der Waals surface area contributed by atoms with Crippen LogP contribution < -0.4 is 4.90 Å². The number of anilines is 3. The quantitative estimate of drug-likeness (QED) is 0.173. The first kappa shape index (κ1) is 29.3. The van der Waals surface area contributed by atoms with Crippen molar-refractivity contribution in [1.82, 2.24) is 15.0 Å². The molecule has 9 rings (SSSR count). The van der Waals surface area contributed by atoms with Gasteiger partial charge in [-0.3, -0.25) is 0 Å². The second kappa shape index (κ2) is 12.6. The van der Waals surface area contributed by atoms with Crippen molar-refractivity contribution in [2.24, 2.45) is 0 Å². The van der Waals surface area contributed by atoms with E-state index in [4.69, 9.17) is 19.4 Å². The normalized spacial score (nSPS) is 11.2. The molecule has 236 valence electrons. The fourth-order valence-corrected chi connectivity index (χ4v) is 6.56. The fourth-order valence-electron chi connectivity index (χ4n) is 6.56. The number of para-hydroxylation sites is 2. The summed E-state index contributed by atoms with van der Waals surface area (Å²) in [5, 5.41) is 2.00. The molecule has 0 radical (unpaired) electrons. The minimum Gasteiger partial charge on any atom is -0.455 e. The molecule has 0 atom stereocenters. The molecule has 0 aliphatic heterocycles. The Bertz CT molecular complexity index is 2510. The van der Waals surface area contributed by atoms with Crippen LogP contribution in [-0.4, -0.2) is 15.0 Å². The molecule has 9 aromatic rings. The van der Waals surface area contributed by atoms with Crippen LogP contribution in [0.5, 0.6) is 0 Å². The van der Waals surface area contributed by atoms with E-state index in [1.165, 1.54) is 11.1 Å². The molecule has 0 aliphatic carbocycles. The molecule has 5 heteroatoms. The molecule has 0 unspecified atom stereocenters. The molecule has 2 heterocycles. The van der Waals surface area contributed by atoms with E-state index < -0.39 is 0 Å². The summed E-state index contributed by atoms with van der Waals surface area (Å²) in [6, 6.07) is 62.1. The number of rotatable bonds is 7. The first-order chi connectivity index (χ1) is 24.8. The van der Waals surface area contributed by atoms with Crippen LogP contribution in [0, 0.1) is 0 Å². The van der Waals surface area contributed by atoms with E-state index in [0.29, 0.717) is 17.5 Å². The van der Waals surface area contributed by atoms with Gasteiger partial charge in [0.1, 0.15) is 11.2 Å². The first-order valence-corrected chi connectivity index (χ1v) is 16.6. The molecule has 0 spiro atoms. The van der Waals surface area contributed by atoms with E-state index in [2.05, 4.69) is 102 Å². The SMILES string of the molecule is c1ccc(-c2ccc(N(c3ccccc3)c3cccc4oc5c(-c6nc(-c7ccccc7)nc(-c7ccccc7)n6)cccc5c34)cc2)cc1. The summed E-state index contributed by atoms with van der Waals surface area (Å²) in [5.74, 6) is 1.77. The zero-order valence-electron chi connectivity index (χ0n) is 27.0. The van der Waals surface area contributed by atoms with Crippen molar-refractivity contribution in [2.75, 3.05) is 4.90 Å². The highest BCUT2D eigenvalue weighted by atomic mass is 16.3. The standard InChI is InChI=1S/C45H30N4O/c1-5-15-31(16-6-1)32-27-29-36(30-28-32)49(35-21-11-4-12-22-35)39-25-14-26-40-41(39)37-23-13-24-38(42(37)50-40)45-47-43(33-17-7-2-8-18-33)46-44(48-45)34-19-9-3-10-20-34/h1-30H. The van der Waals surface area contributed by atoms with Gasteiger partial charge in [0.2, 0.25) is 0 Å². The maximum absolute atomic E-state index is 6.74. The third kappa shape index (κ3) is 5.37. The Hall–Kier alpha value is -6.85. The number of furan rings is 1. The highest BCUT2D eigenvalue weighted by Crippen LogP contribution is 2.44. The molecule has 0 saturated carbocycles. The molecule has 50 heavy (non-hydrogen) atoms. The Labute approximate surface area is 289 Å². The summed E-state index contributed by atoms with van der Waals surface area (Å²) in [6.07, 6.45) is 0. The van der Waals surface area contributed by atoms with Crippen molar-refractivity contribution in [1.29, 1.82) is 0 Å². The van der Waals surface area contributed by atoms with Gasteiger partial charge in [0.15, 0.2) is 17.5 Å². The number of nitrogens with zero attached hydrogens (tertiary/aromatic N) is 4. The molecular weight excluding hydrogens is 613 g/mol. The lowest BCUT2D eigenvalue weighted by atomic mass is 10.0. The largest absolute Gasteiger partial charge is 0.455 e. The second-order valence-electron chi connectivity index (χ2n) is 12.1. The van der Waals surface area contributed by atoms with Gasteiger partial charge in [-0.1, -0.05) is 140 Å². The predicted molar refractivity (Wildman–Crippen MR) is 204 cm³/mol. The van der Waals surface area contributed by atoms with Gasteiger partial charge >= 0.3 is 0 Å². The molecule has 0 N–H and O–H groups in total. The van der Waals surface area contributed by atoms with Gasteiger partial charge in [-0.2, -0.15) is 0 Å².